The number of benzene rings is 2. The first kappa shape index (κ1) is 53.4. The number of carbonyl (C=O) groups excluding carboxylic acids is 2. The first-order valence-corrected chi connectivity index (χ1v) is 25.4. The Morgan fingerprint density at radius 3 is 0.950 bits per heavy atom. The summed E-state index contributed by atoms with van der Waals surface area (Å²) in [5, 5.41) is 0. The molecule has 0 aliphatic rings. The highest BCUT2D eigenvalue weighted by molar-refractivity contribution is 5.73. The standard InChI is InChI=1S/C54H92N2O4/c1-5-9-13-17-21-29-41-55(42-30-22-18-14-10-6-2)45-33-39-53(57)59-47-49-35-25-27-37-51(49)52-38-28-26-36-50(52)48-60-54(58)40-34-46-56(43-31-23-19-15-11-7-3)44-32-24-20-16-12-8-4/h25-28,35-38H,5-24,29-34,39-48H2,1-4H3. The van der Waals surface area contributed by atoms with Crippen LogP contribution in [0.25, 0.3) is 11.1 Å². The summed E-state index contributed by atoms with van der Waals surface area (Å²) in [6.07, 6.45) is 34.0. The van der Waals surface area contributed by atoms with E-state index in [9.17, 15) is 9.59 Å². The number of carbonyl (C=O) groups is 2. The lowest BCUT2D eigenvalue weighted by Gasteiger charge is -2.22. The van der Waals surface area contributed by atoms with Gasteiger partial charge in [-0.1, -0.05) is 205 Å². The van der Waals surface area contributed by atoms with E-state index >= 15 is 0 Å². The molecule has 2 aromatic rings. The van der Waals surface area contributed by atoms with Crippen molar-refractivity contribution in [3.05, 3.63) is 59.7 Å². The van der Waals surface area contributed by atoms with E-state index < -0.39 is 0 Å². The summed E-state index contributed by atoms with van der Waals surface area (Å²) in [5.41, 5.74) is 3.96. The Hall–Kier alpha value is -2.70. The molecule has 0 aromatic heterocycles. The van der Waals surface area contributed by atoms with E-state index in [1.54, 1.807) is 0 Å². The molecule has 0 aliphatic carbocycles. The number of hydrogen-bond acceptors (Lipinski definition) is 6. The van der Waals surface area contributed by atoms with Crippen molar-refractivity contribution in [3.63, 3.8) is 0 Å². The second kappa shape index (κ2) is 38.0. The van der Waals surface area contributed by atoms with Gasteiger partial charge in [0.15, 0.2) is 0 Å². The lowest BCUT2D eigenvalue weighted by molar-refractivity contribution is -0.146. The zero-order valence-electron chi connectivity index (χ0n) is 39.6. The fraction of sp³-hybridized carbons (Fsp3) is 0.741. The number of nitrogens with zero attached hydrogens (tertiary/aromatic N) is 2. The summed E-state index contributed by atoms with van der Waals surface area (Å²) in [6, 6.07) is 16.3. The maximum absolute atomic E-state index is 13.0. The van der Waals surface area contributed by atoms with Gasteiger partial charge in [-0.15, -0.1) is 0 Å². The van der Waals surface area contributed by atoms with Crippen LogP contribution in [0, 0.1) is 0 Å². The molecule has 0 fully saturated rings. The average Bonchev–Trinajstić information content (AvgIpc) is 3.26. The van der Waals surface area contributed by atoms with Crippen molar-refractivity contribution in [2.75, 3.05) is 39.3 Å². The number of ether oxygens (including phenoxy) is 2. The molecule has 0 unspecified atom stereocenters. The molecule has 0 radical (unpaired) electrons. The van der Waals surface area contributed by atoms with E-state index in [2.05, 4.69) is 49.6 Å². The molecule has 2 aromatic carbocycles. The molecule has 0 bridgehead atoms. The van der Waals surface area contributed by atoms with Crippen LogP contribution in [0.3, 0.4) is 0 Å². The molecule has 0 saturated carbocycles. The van der Waals surface area contributed by atoms with Crippen LogP contribution < -0.4 is 0 Å². The second-order valence-corrected chi connectivity index (χ2v) is 17.6. The van der Waals surface area contributed by atoms with Gasteiger partial charge >= 0.3 is 11.9 Å². The zero-order valence-corrected chi connectivity index (χ0v) is 39.6. The third-order valence-corrected chi connectivity index (χ3v) is 12.1. The third kappa shape index (κ3) is 27.3. The van der Waals surface area contributed by atoms with E-state index in [0.29, 0.717) is 12.8 Å². The molecule has 0 N–H and O–H groups in total. The van der Waals surface area contributed by atoms with Crippen molar-refractivity contribution < 1.29 is 19.1 Å². The predicted molar refractivity (Wildman–Crippen MR) is 256 cm³/mol. The number of hydrogen-bond donors (Lipinski definition) is 0. The molecule has 0 heterocycles. The van der Waals surface area contributed by atoms with Gasteiger partial charge in [-0.05, 0) is 100 Å². The van der Waals surface area contributed by atoms with E-state index in [4.69, 9.17) is 9.47 Å². The van der Waals surface area contributed by atoms with Crippen LogP contribution in [0.5, 0.6) is 0 Å². The molecule has 2 rings (SSSR count). The Kier molecular flexibility index (Phi) is 33.9. The summed E-state index contributed by atoms with van der Waals surface area (Å²) < 4.78 is 11.8. The van der Waals surface area contributed by atoms with Gasteiger partial charge in [-0.2, -0.15) is 0 Å². The molecular weight excluding hydrogens is 741 g/mol. The minimum atomic E-state index is -0.136. The Morgan fingerprint density at radius 1 is 0.367 bits per heavy atom. The predicted octanol–water partition coefficient (Wildman–Crippen LogP) is 15.0. The van der Waals surface area contributed by atoms with E-state index in [-0.39, 0.29) is 25.2 Å². The number of rotatable bonds is 41. The Bertz CT molecular complexity index is 1180. The molecule has 0 saturated heterocycles. The topological polar surface area (TPSA) is 59.1 Å². The molecule has 0 amide bonds. The van der Waals surface area contributed by atoms with Gasteiger partial charge in [0.1, 0.15) is 13.2 Å². The van der Waals surface area contributed by atoms with Crippen molar-refractivity contribution in [1.29, 1.82) is 0 Å². The van der Waals surface area contributed by atoms with Crippen molar-refractivity contribution >= 4 is 11.9 Å². The first-order chi connectivity index (χ1) is 29.5. The minimum absolute atomic E-state index is 0.136. The van der Waals surface area contributed by atoms with Crippen molar-refractivity contribution in [2.45, 2.75) is 221 Å². The van der Waals surface area contributed by atoms with Gasteiger partial charge in [0.2, 0.25) is 0 Å². The molecule has 60 heavy (non-hydrogen) atoms. The molecular formula is C54H92N2O4. The normalized spacial score (nSPS) is 11.5. The SMILES string of the molecule is CCCCCCCCN(CCCCCCCC)CCCC(=O)OCc1ccccc1-c1ccccc1COC(=O)CCCN(CCCCCCCC)CCCCCCCC. The molecule has 0 aliphatic heterocycles. The van der Waals surface area contributed by atoms with Crippen LogP contribution in [0.15, 0.2) is 48.5 Å². The summed E-state index contributed by atoms with van der Waals surface area (Å²) in [5.74, 6) is -0.271. The van der Waals surface area contributed by atoms with Gasteiger partial charge in [0, 0.05) is 12.8 Å². The lowest BCUT2D eigenvalue weighted by Crippen LogP contribution is -2.28. The maximum atomic E-state index is 13.0. The number of unbranched alkanes of at least 4 members (excludes halogenated alkanes) is 20. The summed E-state index contributed by atoms with van der Waals surface area (Å²) in [6.45, 7) is 16.0. The third-order valence-electron chi connectivity index (χ3n) is 12.1. The van der Waals surface area contributed by atoms with Crippen LogP contribution in [-0.4, -0.2) is 61.0 Å². The van der Waals surface area contributed by atoms with Crippen LogP contribution in [0.2, 0.25) is 0 Å². The minimum Gasteiger partial charge on any atom is -0.461 e. The highest BCUT2D eigenvalue weighted by atomic mass is 16.5. The molecule has 0 atom stereocenters. The van der Waals surface area contributed by atoms with Crippen molar-refractivity contribution in [1.82, 2.24) is 9.80 Å². The van der Waals surface area contributed by atoms with Gasteiger partial charge in [0.05, 0.1) is 0 Å². The van der Waals surface area contributed by atoms with Crippen LogP contribution in [0.1, 0.15) is 219 Å². The van der Waals surface area contributed by atoms with Gasteiger partial charge in [-0.3, -0.25) is 9.59 Å². The summed E-state index contributed by atoms with van der Waals surface area (Å²) in [7, 11) is 0. The summed E-state index contributed by atoms with van der Waals surface area (Å²) >= 11 is 0. The smallest absolute Gasteiger partial charge is 0.306 e. The molecule has 6 nitrogen and oxygen atoms in total. The van der Waals surface area contributed by atoms with Crippen molar-refractivity contribution in [2.24, 2.45) is 0 Å². The fourth-order valence-corrected chi connectivity index (χ4v) is 8.31. The van der Waals surface area contributed by atoms with Crippen LogP contribution in [-0.2, 0) is 32.3 Å². The maximum Gasteiger partial charge on any atom is 0.306 e. The van der Waals surface area contributed by atoms with Crippen LogP contribution >= 0.6 is 0 Å². The number of esters is 2. The molecule has 342 valence electrons. The van der Waals surface area contributed by atoms with Crippen molar-refractivity contribution in [3.8, 4) is 11.1 Å². The monoisotopic (exact) mass is 833 g/mol. The van der Waals surface area contributed by atoms with Gasteiger partial charge in [0.25, 0.3) is 0 Å². The largest absolute Gasteiger partial charge is 0.461 e. The Morgan fingerprint density at radius 2 is 0.633 bits per heavy atom. The van der Waals surface area contributed by atoms with E-state index in [1.165, 1.54) is 154 Å². The van der Waals surface area contributed by atoms with Gasteiger partial charge < -0.3 is 19.3 Å². The molecule has 6 heteroatoms. The van der Waals surface area contributed by atoms with Gasteiger partial charge in [-0.25, -0.2) is 0 Å². The highest BCUT2D eigenvalue weighted by Crippen LogP contribution is 2.29. The second-order valence-electron chi connectivity index (χ2n) is 17.6. The highest BCUT2D eigenvalue weighted by Gasteiger charge is 2.15. The van der Waals surface area contributed by atoms with E-state index in [0.717, 1.165) is 74.4 Å². The fourth-order valence-electron chi connectivity index (χ4n) is 8.31. The quantitative estimate of drug-likeness (QED) is 0.0491. The summed E-state index contributed by atoms with van der Waals surface area (Å²) in [4.78, 5) is 31.3. The lowest BCUT2D eigenvalue weighted by atomic mass is 9.96. The Balaban J connectivity index is 1.86. The average molecular weight is 833 g/mol. The zero-order chi connectivity index (χ0) is 43.1. The molecule has 0 spiro atoms. The van der Waals surface area contributed by atoms with Crippen LogP contribution in [0.4, 0.5) is 0 Å². The Labute approximate surface area is 370 Å². The first-order valence-electron chi connectivity index (χ1n) is 25.4. The van der Waals surface area contributed by atoms with E-state index in [1.807, 2.05) is 36.4 Å².